The first-order valence-corrected chi connectivity index (χ1v) is 10.3. The van der Waals surface area contributed by atoms with Crippen LogP contribution in [0.2, 0.25) is 0 Å². The maximum atomic E-state index is 13.1. The lowest BCUT2D eigenvalue weighted by atomic mass is 9.98. The van der Waals surface area contributed by atoms with Gasteiger partial charge in [-0.15, -0.1) is 0 Å². The van der Waals surface area contributed by atoms with Gasteiger partial charge in [0.25, 0.3) is 11.8 Å². The molecule has 0 saturated carbocycles. The van der Waals surface area contributed by atoms with Crippen molar-refractivity contribution in [2.45, 2.75) is 19.0 Å². The highest BCUT2D eigenvalue weighted by molar-refractivity contribution is 9.10. The Kier molecular flexibility index (Phi) is 5.50. The van der Waals surface area contributed by atoms with Gasteiger partial charge in [0.2, 0.25) is 5.91 Å². The van der Waals surface area contributed by atoms with E-state index < -0.39 is 29.8 Å². The number of carbonyl (C=O) groups excluding carboxylic acids is 3. The fourth-order valence-corrected chi connectivity index (χ4v) is 3.86. The number of nitrogens with one attached hydrogen (secondary N) is 1. The Hall–Kier alpha value is -3.25. The monoisotopic (exact) mass is 462 g/mol. The van der Waals surface area contributed by atoms with Gasteiger partial charge in [0.1, 0.15) is 6.04 Å². The van der Waals surface area contributed by atoms with Crippen molar-refractivity contribution in [3.63, 3.8) is 0 Å². The normalized spacial score (nSPS) is 14.9. The molecular formula is C24H19BrN2O3. The predicted molar refractivity (Wildman–Crippen MR) is 117 cm³/mol. The van der Waals surface area contributed by atoms with Crippen LogP contribution >= 0.6 is 15.9 Å². The van der Waals surface area contributed by atoms with Gasteiger partial charge in [-0.3, -0.25) is 19.3 Å². The summed E-state index contributed by atoms with van der Waals surface area (Å²) in [6.07, 6.45) is 0. The quantitative estimate of drug-likeness (QED) is 0.573. The van der Waals surface area contributed by atoms with Gasteiger partial charge in [0.15, 0.2) is 0 Å². The summed E-state index contributed by atoms with van der Waals surface area (Å²) in [6.45, 7) is 1.57. The van der Waals surface area contributed by atoms with Crippen LogP contribution in [-0.4, -0.2) is 28.7 Å². The van der Waals surface area contributed by atoms with Crippen molar-refractivity contribution in [3.05, 3.63) is 106 Å². The van der Waals surface area contributed by atoms with Crippen LogP contribution in [0.1, 0.15) is 44.8 Å². The van der Waals surface area contributed by atoms with Crippen molar-refractivity contribution < 1.29 is 14.4 Å². The molecule has 3 aromatic rings. The Morgan fingerprint density at radius 3 is 1.87 bits per heavy atom. The second-order valence-corrected chi connectivity index (χ2v) is 8.02. The van der Waals surface area contributed by atoms with Gasteiger partial charge in [-0.2, -0.15) is 0 Å². The number of fused-ring (bicyclic) bond motifs is 1. The number of hydrogen-bond acceptors (Lipinski definition) is 3. The number of carbonyl (C=O) groups is 3. The zero-order valence-corrected chi connectivity index (χ0v) is 17.8. The minimum atomic E-state index is -0.945. The maximum Gasteiger partial charge on any atom is 0.262 e. The molecule has 2 atom stereocenters. The summed E-state index contributed by atoms with van der Waals surface area (Å²) in [6, 6.07) is 22.5. The summed E-state index contributed by atoms with van der Waals surface area (Å²) in [5.74, 6) is -1.29. The lowest BCUT2D eigenvalue weighted by Gasteiger charge is -2.26. The SMILES string of the molecule is C[C@@H](C(=O)N[C@@H](c1ccccc1)c1ccc(Br)cc1)N1C(=O)c2ccccc2C1=O. The number of imide groups is 1. The van der Waals surface area contributed by atoms with Crippen LogP contribution in [0.5, 0.6) is 0 Å². The average molecular weight is 463 g/mol. The van der Waals surface area contributed by atoms with Crippen LogP contribution in [0.3, 0.4) is 0 Å². The van der Waals surface area contributed by atoms with Crippen molar-refractivity contribution in [1.82, 2.24) is 10.2 Å². The van der Waals surface area contributed by atoms with E-state index in [0.717, 1.165) is 20.5 Å². The molecule has 6 heteroatoms. The largest absolute Gasteiger partial charge is 0.343 e. The molecule has 3 aromatic carbocycles. The first kappa shape index (κ1) is 20.0. The number of benzene rings is 3. The molecule has 30 heavy (non-hydrogen) atoms. The van der Waals surface area contributed by atoms with Gasteiger partial charge in [0, 0.05) is 4.47 Å². The fourth-order valence-electron chi connectivity index (χ4n) is 3.60. The second-order valence-electron chi connectivity index (χ2n) is 7.11. The van der Waals surface area contributed by atoms with Gasteiger partial charge in [-0.1, -0.05) is 70.5 Å². The number of amides is 3. The molecule has 1 aliphatic heterocycles. The minimum Gasteiger partial charge on any atom is -0.343 e. The average Bonchev–Trinajstić information content (AvgIpc) is 3.03. The molecule has 1 aliphatic rings. The highest BCUT2D eigenvalue weighted by Gasteiger charge is 2.41. The summed E-state index contributed by atoms with van der Waals surface area (Å²) in [7, 11) is 0. The van der Waals surface area contributed by atoms with E-state index in [2.05, 4.69) is 21.2 Å². The lowest BCUT2D eigenvalue weighted by Crippen LogP contribution is -2.48. The molecule has 5 nitrogen and oxygen atoms in total. The smallest absolute Gasteiger partial charge is 0.262 e. The van der Waals surface area contributed by atoms with E-state index in [9.17, 15) is 14.4 Å². The third-order valence-corrected chi connectivity index (χ3v) is 5.74. The lowest BCUT2D eigenvalue weighted by molar-refractivity contribution is -0.125. The van der Waals surface area contributed by atoms with Crippen molar-refractivity contribution in [2.24, 2.45) is 0 Å². The van der Waals surface area contributed by atoms with Crippen LogP contribution in [0.25, 0.3) is 0 Å². The highest BCUT2D eigenvalue weighted by atomic mass is 79.9. The number of nitrogens with zero attached hydrogens (tertiary/aromatic N) is 1. The zero-order valence-electron chi connectivity index (χ0n) is 16.2. The molecule has 0 aromatic heterocycles. The van der Waals surface area contributed by atoms with Crippen LogP contribution in [0.15, 0.2) is 83.3 Å². The van der Waals surface area contributed by atoms with E-state index in [1.165, 1.54) is 0 Å². The molecule has 0 radical (unpaired) electrons. The minimum absolute atomic E-state index is 0.328. The molecule has 0 bridgehead atoms. The van der Waals surface area contributed by atoms with Gasteiger partial charge < -0.3 is 5.32 Å². The van der Waals surface area contributed by atoms with Crippen molar-refractivity contribution in [3.8, 4) is 0 Å². The zero-order chi connectivity index (χ0) is 21.3. The molecule has 3 amide bonds. The number of halogens is 1. The molecule has 0 saturated heterocycles. The third-order valence-electron chi connectivity index (χ3n) is 5.22. The number of hydrogen-bond donors (Lipinski definition) is 1. The molecule has 4 rings (SSSR count). The van der Waals surface area contributed by atoms with Gasteiger partial charge in [-0.05, 0) is 42.3 Å². The topological polar surface area (TPSA) is 66.5 Å². The van der Waals surface area contributed by atoms with Crippen molar-refractivity contribution in [1.29, 1.82) is 0 Å². The van der Waals surface area contributed by atoms with Crippen molar-refractivity contribution in [2.75, 3.05) is 0 Å². The number of rotatable bonds is 5. The Bertz CT molecular complexity index is 1080. The molecule has 0 aliphatic carbocycles. The summed E-state index contributed by atoms with van der Waals surface area (Å²) in [5.41, 5.74) is 2.46. The second kappa shape index (κ2) is 8.24. The molecule has 0 fully saturated rings. The van der Waals surface area contributed by atoms with Crippen LogP contribution in [0.4, 0.5) is 0 Å². The standard InChI is InChI=1S/C24H19BrN2O3/c1-15(27-23(29)19-9-5-6-10-20(19)24(27)30)22(28)26-21(16-7-3-2-4-8-16)17-11-13-18(25)14-12-17/h2-15,21H,1H3,(H,26,28)/t15-,21-/m0/s1. The molecule has 0 spiro atoms. The summed E-state index contributed by atoms with van der Waals surface area (Å²) in [5, 5.41) is 3.01. The molecule has 150 valence electrons. The van der Waals surface area contributed by atoms with E-state index >= 15 is 0 Å². The van der Waals surface area contributed by atoms with Crippen LogP contribution < -0.4 is 5.32 Å². The van der Waals surface area contributed by atoms with Gasteiger partial charge in [0.05, 0.1) is 17.2 Å². The van der Waals surface area contributed by atoms with E-state index in [1.54, 1.807) is 31.2 Å². The first-order valence-electron chi connectivity index (χ1n) is 9.55. The van der Waals surface area contributed by atoms with E-state index in [1.807, 2.05) is 54.6 Å². The Labute approximate surface area is 182 Å². The van der Waals surface area contributed by atoms with E-state index in [0.29, 0.717) is 11.1 Å². The van der Waals surface area contributed by atoms with Crippen molar-refractivity contribution >= 4 is 33.7 Å². The van der Waals surface area contributed by atoms with E-state index in [4.69, 9.17) is 0 Å². The fraction of sp³-hybridized carbons (Fsp3) is 0.125. The van der Waals surface area contributed by atoms with Gasteiger partial charge >= 0.3 is 0 Å². The predicted octanol–water partition coefficient (Wildman–Crippen LogP) is 4.34. The Balaban J connectivity index is 1.61. The Morgan fingerprint density at radius 1 is 0.800 bits per heavy atom. The molecule has 0 unspecified atom stereocenters. The third kappa shape index (κ3) is 3.66. The van der Waals surface area contributed by atoms with Gasteiger partial charge in [-0.25, -0.2) is 0 Å². The van der Waals surface area contributed by atoms with Crippen LogP contribution in [-0.2, 0) is 4.79 Å². The summed E-state index contributed by atoms with van der Waals surface area (Å²) >= 11 is 3.43. The Morgan fingerprint density at radius 2 is 1.30 bits per heavy atom. The van der Waals surface area contributed by atoms with E-state index in [-0.39, 0.29) is 0 Å². The molecule has 1 heterocycles. The molecule has 1 N–H and O–H groups in total. The summed E-state index contributed by atoms with van der Waals surface area (Å²) < 4.78 is 0.934. The summed E-state index contributed by atoms with van der Waals surface area (Å²) in [4.78, 5) is 39.6. The molecular weight excluding hydrogens is 444 g/mol. The maximum absolute atomic E-state index is 13.1. The van der Waals surface area contributed by atoms with Crippen LogP contribution in [0, 0.1) is 0 Å². The highest BCUT2D eigenvalue weighted by Crippen LogP contribution is 2.27. The first-order chi connectivity index (χ1) is 14.5.